The maximum Gasteiger partial charge on any atom is 0.244 e. The van der Waals surface area contributed by atoms with Crippen LogP contribution in [0, 0.1) is 0 Å². The second kappa shape index (κ2) is 8.18. The van der Waals surface area contributed by atoms with Gasteiger partial charge in [0.05, 0.1) is 5.69 Å². The molecule has 0 aliphatic rings. The number of hydrogen-bond acceptors (Lipinski definition) is 5. The molecule has 7 heteroatoms. The summed E-state index contributed by atoms with van der Waals surface area (Å²) in [6.45, 7) is 5.06. The lowest BCUT2D eigenvalue weighted by atomic mass is 10.3. The van der Waals surface area contributed by atoms with E-state index < -0.39 is 10.0 Å². The van der Waals surface area contributed by atoms with Gasteiger partial charge in [-0.15, -0.1) is 0 Å². The number of pyridine rings is 1. The third kappa shape index (κ3) is 5.07. The van der Waals surface area contributed by atoms with Gasteiger partial charge in [0.1, 0.15) is 4.90 Å². The van der Waals surface area contributed by atoms with Crippen LogP contribution in [0.4, 0.5) is 5.69 Å². The minimum atomic E-state index is -3.58. The van der Waals surface area contributed by atoms with Crippen LogP contribution in [0.5, 0.6) is 0 Å². The molecule has 114 valence electrons. The van der Waals surface area contributed by atoms with Crippen LogP contribution >= 0.6 is 0 Å². The fourth-order valence-electron chi connectivity index (χ4n) is 1.68. The number of sulfonamides is 1. The minimum Gasteiger partial charge on any atom is -0.385 e. The number of hydrogen-bond donors (Lipinski definition) is 2. The third-order valence-electron chi connectivity index (χ3n) is 2.75. The number of rotatable bonds is 9. The van der Waals surface area contributed by atoms with E-state index in [1.165, 1.54) is 6.20 Å². The van der Waals surface area contributed by atoms with E-state index in [-0.39, 0.29) is 10.9 Å². The molecule has 0 spiro atoms. The fourth-order valence-corrected chi connectivity index (χ4v) is 3.09. The van der Waals surface area contributed by atoms with Gasteiger partial charge in [0, 0.05) is 38.7 Å². The van der Waals surface area contributed by atoms with Crippen molar-refractivity contribution in [3.05, 3.63) is 18.5 Å². The monoisotopic (exact) mass is 301 g/mol. The molecule has 1 aromatic heterocycles. The summed E-state index contributed by atoms with van der Waals surface area (Å²) in [7, 11) is -1.99. The van der Waals surface area contributed by atoms with Crippen molar-refractivity contribution in [1.29, 1.82) is 0 Å². The molecule has 6 nitrogen and oxygen atoms in total. The lowest BCUT2D eigenvalue weighted by Gasteiger charge is -2.16. The number of ether oxygens (including phenoxy) is 1. The highest BCUT2D eigenvalue weighted by molar-refractivity contribution is 7.89. The van der Waals surface area contributed by atoms with Crippen LogP contribution in [0.3, 0.4) is 0 Å². The van der Waals surface area contributed by atoms with Gasteiger partial charge in [-0.05, 0) is 25.8 Å². The van der Waals surface area contributed by atoms with Gasteiger partial charge in [0.2, 0.25) is 10.0 Å². The summed E-state index contributed by atoms with van der Waals surface area (Å²) in [5.74, 6) is 0. The number of anilines is 1. The Bertz CT molecular complexity index is 505. The predicted molar refractivity (Wildman–Crippen MR) is 79.3 cm³/mol. The average Bonchev–Trinajstić information content (AvgIpc) is 2.42. The van der Waals surface area contributed by atoms with Crippen molar-refractivity contribution in [1.82, 2.24) is 9.71 Å². The van der Waals surface area contributed by atoms with E-state index in [0.717, 1.165) is 6.42 Å². The number of nitrogens with zero attached hydrogens (tertiary/aromatic N) is 1. The first kappa shape index (κ1) is 16.9. The standard InChI is InChI=1S/C13H23N3O3S/c1-4-7-15-12-5-8-14-10-13(12)20(17,18)16-11(2)6-9-19-3/h5,8,10-11,16H,4,6-7,9H2,1-3H3,(H,14,15). The van der Waals surface area contributed by atoms with E-state index in [1.54, 1.807) is 19.4 Å². The molecule has 1 rings (SSSR count). The van der Waals surface area contributed by atoms with Crippen molar-refractivity contribution in [2.24, 2.45) is 0 Å². The molecule has 20 heavy (non-hydrogen) atoms. The van der Waals surface area contributed by atoms with E-state index in [4.69, 9.17) is 4.74 Å². The van der Waals surface area contributed by atoms with Gasteiger partial charge in [-0.25, -0.2) is 13.1 Å². The summed E-state index contributed by atoms with van der Waals surface area (Å²) in [5, 5.41) is 3.10. The number of aromatic nitrogens is 1. The zero-order valence-electron chi connectivity index (χ0n) is 12.2. The van der Waals surface area contributed by atoms with E-state index >= 15 is 0 Å². The Morgan fingerprint density at radius 3 is 2.85 bits per heavy atom. The van der Waals surface area contributed by atoms with Gasteiger partial charge in [-0.1, -0.05) is 6.92 Å². The Morgan fingerprint density at radius 2 is 2.20 bits per heavy atom. The van der Waals surface area contributed by atoms with Crippen molar-refractivity contribution >= 4 is 15.7 Å². The van der Waals surface area contributed by atoms with Crippen LogP contribution in [-0.2, 0) is 14.8 Å². The normalized spacial score (nSPS) is 13.2. The molecule has 0 radical (unpaired) electrons. The van der Waals surface area contributed by atoms with Gasteiger partial charge in [-0.3, -0.25) is 4.98 Å². The molecule has 0 amide bonds. The van der Waals surface area contributed by atoms with E-state index in [0.29, 0.717) is 25.3 Å². The van der Waals surface area contributed by atoms with Crippen LogP contribution in [0.25, 0.3) is 0 Å². The fraction of sp³-hybridized carbons (Fsp3) is 0.615. The Hall–Kier alpha value is -1.18. The first-order chi connectivity index (χ1) is 9.51. The summed E-state index contributed by atoms with van der Waals surface area (Å²) in [5.41, 5.74) is 0.577. The molecule has 0 saturated heterocycles. The number of nitrogens with one attached hydrogen (secondary N) is 2. The number of methoxy groups -OCH3 is 1. The average molecular weight is 301 g/mol. The Labute approximate surface area is 121 Å². The molecular weight excluding hydrogens is 278 g/mol. The second-order valence-electron chi connectivity index (χ2n) is 4.60. The summed E-state index contributed by atoms with van der Waals surface area (Å²) in [4.78, 5) is 4.08. The highest BCUT2D eigenvalue weighted by Crippen LogP contribution is 2.19. The lowest BCUT2D eigenvalue weighted by Crippen LogP contribution is -2.33. The van der Waals surface area contributed by atoms with E-state index in [9.17, 15) is 8.42 Å². The molecule has 0 saturated carbocycles. The molecule has 0 fully saturated rings. The van der Waals surface area contributed by atoms with E-state index in [1.807, 2.05) is 13.8 Å². The molecular formula is C13H23N3O3S. The summed E-state index contributed by atoms with van der Waals surface area (Å²) >= 11 is 0. The van der Waals surface area contributed by atoms with Crippen LogP contribution in [0.1, 0.15) is 26.7 Å². The van der Waals surface area contributed by atoms with Crippen LogP contribution in [0.15, 0.2) is 23.4 Å². The Morgan fingerprint density at radius 1 is 1.45 bits per heavy atom. The molecule has 0 bridgehead atoms. The second-order valence-corrected chi connectivity index (χ2v) is 6.28. The van der Waals surface area contributed by atoms with Crippen molar-refractivity contribution < 1.29 is 13.2 Å². The van der Waals surface area contributed by atoms with Gasteiger partial charge in [0.25, 0.3) is 0 Å². The van der Waals surface area contributed by atoms with Crippen LogP contribution < -0.4 is 10.0 Å². The van der Waals surface area contributed by atoms with Crippen molar-refractivity contribution in [3.8, 4) is 0 Å². The molecule has 1 aromatic rings. The topological polar surface area (TPSA) is 80.3 Å². The Kier molecular flexibility index (Phi) is 6.90. The summed E-state index contributed by atoms with van der Waals surface area (Å²) in [6, 6.07) is 1.48. The van der Waals surface area contributed by atoms with Gasteiger partial charge in [0.15, 0.2) is 0 Å². The molecule has 1 atom stereocenters. The summed E-state index contributed by atoms with van der Waals surface area (Å²) < 4.78 is 32.3. The largest absolute Gasteiger partial charge is 0.385 e. The maximum absolute atomic E-state index is 12.4. The highest BCUT2D eigenvalue weighted by Gasteiger charge is 2.20. The third-order valence-corrected chi connectivity index (χ3v) is 4.37. The van der Waals surface area contributed by atoms with Crippen molar-refractivity contribution in [3.63, 3.8) is 0 Å². The zero-order valence-corrected chi connectivity index (χ0v) is 13.0. The lowest BCUT2D eigenvalue weighted by molar-refractivity contribution is 0.188. The van der Waals surface area contributed by atoms with Gasteiger partial charge in [-0.2, -0.15) is 0 Å². The molecule has 0 aromatic carbocycles. The highest BCUT2D eigenvalue weighted by atomic mass is 32.2. The van der Waals surface area contributed by atoms with Crippen molar-refractivity contribution in [2.75, 3.05) is 25.6 Å². The van der Waals surface area contributed by atoms with Crippen molar-refractivity contribution in [2.45, 2.75) is 37.6 Å². The Balaban J connectivity index is 2.86. The first-order valence-corrected chi connectivity index (χ1v) is 8.18. The molecule has 1 heterocycles. The molecule has 0 aliphatic carbocycles. The van der Waals surface area contributed by atoms with Gasteiger partial charge < -0.3 is 10.1 Å². The minimum absolute atomic E-state index is 0.178. The molecule has 2 N–H and O–H groups in total. The molecule has 0 aliphatic heterocycles. The summed E-state index contributed by atoms with van der Waals surface area (Å²) in [6.07, 6.45) is 4.47. The van der Waals surface area contributed by atoms with E-state index in [2.05, 4.69) is 15.0 Å². The van der Waals surface area contributed by atoms with Gasteiger partial charge >= 0.3 is 0 Å². The van der Waals surface area contributed by atoms with Crippen LogP contribution in [0.2, 0.25) is 0 Å². The first-order valence-electron chi connectivity index (χ1n) is 6.70. The smallest absolute Gasteiger partial charge is 0.244 e. The van der Waals surface area contributed by atoms with Crippen LogP contribution in [-0.4, -0.2) is 39.7 Å². The maximum atomic E-state index is 12.4. The predicted octanol–water partition coefficient (Wildman–Crippen LogP) is 1.61. The molecule has 1 unspecified atom stereocenters. The SMILES string of the molecule is CCCNc1ccncc1S(=O)(=O)NC(C)CCOC. The zero-order chi connectivity index (χ0) is 15.0. The quantitative estimate of drug-likeness (QED) is 0.724.